The number of rotatable bonds is 4. The highest BCUT2D eigenvalue weighted by Crippen LogP contribution is 2.23. The summed E-state index contributed by atoms with van der Waals surface area (Å²) in [5.74, 6) is 1.12. The second kappa shape index (κ2) is 6.55. The first kappa shape index (κ1) is 13.8. The van der Waals surface area contributed by atoms with Crippen LogP contribution in [0.25, 0.3) is 0 Å². The monoisotopic (exact) mass is 312 g/mol. The number of nitrogens with one attached hydrogen (secondary N) is 1. The zero-order valence-corrected chi connectivity index (χ0v) is 12.4. The zero-order valence-electron chi connectivity index (χ0n) is 10.8. The van der Waals surface area contributed by atoms with E-state index in [1.165, 1.54) is 12.8 Å². The highest BCUT2D eigenvalue weighted by molar-refractivity contribution is 9.10. The zero-order chi connectivity index (χ0) is 13.0. The Morgan fingerprint density at radius 3 is 3.06 bits per heavy atom. The van der Waals surface area contributed by atoms with Crippen LogP contribution in [-0.4, -0.2) is 36.7 Å². The second-order valence-electron chi connectivity index (χ2n) is 5.18. The Hall–Kier alpha value is -0.580. The van der Waals surface area contributed by atoms with Crippen molar-refractivity contribution in [2.45, 2.75) is 19.4 Å². The summed E-state index contributed by atoms with van der Waals surface area (Å²) in [6.07, 6.45) is 2.59. The summed E-state index contributed by atoms with van der Waals surface area (Å²) in [7, 11) is 2.12. The lowest BCUT2D eigenvalue weighted by atomic mass is 9.99. The smallest absolute Gasteiger partial charge is 0.120 e. The van der Waals surface area contributed by atoms with Gasteiger partial charge < -0.3 is 15.3 Å². The van der Waals surface area contributed by atoms with E-state index < -0.39 is 0 Å². The van der Waals surface area contributed by atoms with Crippen LogP contribution in [0.4, 0.5) is 0 Å². The molecule has 4 heteroatoms. The normalized spacial score (nSPS) is 20.3. The molecule has 0 aliphatic carbocycles. The highest BCUT2D eigenvalue weighted by atomic mass is 79.9. The maximum atomic E-state index is 9.83. The fourth-order valence-electron chi connectivity index (χ4n) is 2.56. The number of phenolic OH excluding ortho intramolecular Hbond substituents is 1. The largest absolute Gasteiger partial charge is 0.508 e. The minimum Gasteiger partial charge on any atom is -0.508 e. The lowest BCUT2D eigenvalue weighted by Crippen LogP contribution is -2.36. The minimum atomic E-state index is 0.381. The molecule has 0 amide bonds. The van der Waals surface area contributed by atoms with Crippen LogP contribution >= 0.6 is 15.9 Å². The lowest BCUT2D eigenvalue weighted by Gasteiger charge is -2.27. The second-order valence-corrected chi connectivity index (χ2v) is 6.10. The number of hydrogen-bond acceptors (Lipinski definition) is 3. The third kappa shape index (κ3) is 3.97. The Bertz CT molecular complexity index is 391. The summed E-state index contributed by atoms with van der Waals surface area (Å²) in [6.45, 7) is 4.15. The Balaban J connectivity index is 1.89. The van der Waals surface area contributed by atoms with E-state index in [2.05, 4.69) is 33.2 Å². The van der Waals surface area contributed by atoms with E-state index in [1.54, 1.807) is 6.07 Å². The molecule has 0 saturated carbocycles. The number of benzene rings is 1. The molecule has 2 rings (SSSR count). The number of aromatic hydroxyl groups is 1. The van der Waals surface area contributed by atoms with Gasteiger partial charge in [0.2, 0.25) is 0 Å². The Morgan fingerprint density at radius 2 is 2.33 bits per heavy atom. The molecule has 1 saturated heterocycles. The molecule has 100 valence electrons. The van der Waals surface area contributed by atoms with Gasteiger partial charge in [-0.15, -0.1) is 0 Å². The van der Waals surface area contributed by atoms with Crippen molar-refractivity contribution in [1.29, 1.82) is 0 Å². The fourth-order valence-corrected chi connectivity index (χ4v) is 2.97. The van der Waals surface area contributed by atoms with Gasteiger partial charge in [0, 0.05) is 23.1 Å². The molecule has 1 aromatic carbocycles. The number of phenols is 1. The van der Waals surface area contributed by atoms with Crippen LogP contribution in [0, 0.1) is 5.92 Å². The molecule has 0 radical (unpaired) electrons. The minimum absolute atomic E-state index is 0.381. The maximum absolute atomic E-state index is 9.83. The number of nitrogens with zero attached hydrogens (tertiary/aromatic N) is 1. The molecular formula is C14H21BrN2O. The average molecular weight is 313 g/mol. The first-order valence-corrected chi connectivity index (χ1v) is 7.31. The van der Waals surface area contributed by atoms with E-state index in [9.17, 15) is 5.11 Å². The molecular weight excluding hydrogens is 292 g/mol. The van der Waals surface area contributed by atoms with Crippen LogP contribution in [0.1, 0.15) is 18.4 Å². The standard InChI is InChI=1S/C14H21BrN2O/c1-17(9-11-3-2-6-16-8-11)10-12-7-13(15)4-5-14(12)18/h4-5,7,11,16,18H,2-3,6,8-10H2,1H3. The molecule has 0 aromatic heterocycles. The van der Waals surface area contributed by atoms with E-state index in [0.29, 0.717) is 5.75 Å². The number of hydrogen-bond donors (Lipinski definition) is 2. The molecule has 1 fully saturated rings. The predicted molar refractivity (Wildman–Crippen MR) is 77.7 cm³/mol. The van der Waals surface area contributed by atoms with Gasteiger partial charge in [0.05, 0.1) is 0 Å². The van der Waals surface area contributed by atoms with Gasteiger partial charge in [0.25, 0.3) is 0 Å². The summed E-state index contributed by atoms with van der Waals surface area (Å²) >= 11 is 3.45. The first-order chi connectivity index (χ1) is 8.65. The summed E-state index contributed by atoms with van der Waals surface area (Å²) in [5.41, 5.74) is 0.982. The first-order valence-electron chi connectivity index (χ1n) is 6.52. The molecule has 1 unspecified atom stereocenters. The molecule has 3 nitrogen and oxygen atoms in total. The fraction of sp³-hybridized carbons (Fsp3) is 0.571. The van der Waals surface area contributed by atoms with Gasteiger partial charge in [-0.25, -0.2) is 0 Å². The Labute approximate surface area is 117 Å². The molecule has 1 atom stereocenters. The quantitative estimate of drug-likeness (QED) is 0.897. The van der Waals surface area contributed by atoms with Crippen molar-refractivity contribution < 1.29 is 5.11 Å². The van der Waals surface area contributed by atoms with Gasteiger partial charge in [0.1, 0.15) is 5.75 Å². The van der Waals surface area contributed by atoms with Crippen LogP contribution in [0.3, 0.4) is 0 Å². The van der Waals surface area contributed by atoms with Crippen molar-refractivity contribution in [2.24, 2.45) is 5.92 Å². The summed E-state index contributed by atoms with van der Waals surface area (Å²) in [6, 6.07) is 5.60. The maximum Gasteiger partial charge on any atom is 0.120 e. The summed E-state index contributed by atoms with van der Waals surface area (Å²) < 4.78 is 1.02. The topological polar surface area (TPSA) is 35.5 Å². The van der Waals surface area contributed by atoms with E-state index in [1.807, 2.05) is 12.1 Å². The molecule has 2 N–H and O–H groups in total. The van der Waals surface area contributed by atoms with Crippen molar-refractivity contribution >= 4 is 15.9 Å². The van der Waals surface area contributed by atoms with Crippen molar-refractivity contribution in [1.82, 2.24) is 10.2 Å². The predicted octanol–water partition coefficient (Wildman–Crippen LogP) is 2.59. The number of halogens is 1. The van der Waals surface area contributed by atoms with Gasteiger partial charge in [-0.3, -0.25) is 0 Å². The third-order valence-electron chi connectivity index (χ3n) is 3.45. The van der Waals surface area contributed by atoms with Crippen LogP contribution in [0.2, 0.25) is 0 Å². The molecule has 1 heterocycles. The van der Waals surface area contributed by atoms with E-state index in [-0.39, 0.29) is 0 Å². The van der Waals surface area contributed by atoms with Crippen LogP contribution in [-0.2, 0) is 6.54 Å². The van der Waals surface area contributed by atoms with Gasteiger partial charge in [-0.2, -0.15) is 0 Å². The van der Waals surface area contributed by atoms with Crippen molar-refractivity contribution in [3.63, 3.8) is 0 Å². The van der Waals surface area contributed by atoms with E-state index >= 15 is 0 Å². The molecule has 0 spiro atoms. The van der Waals surface area contributed by atoms with Gasteiger partial charge >= 0.3 is 0 Å². The highest BCUT2D eigenvalue weighted by Gasteiger charge is 2.15. The van der Waals surface area contributed by atoms with E-state index in [4.69, 9.17) is 0 Å². The van der Waals surface area contributed by atoms with Crippen LogP contribution in [0.5, 0.6) is 5.75 Å². The van der Waals surface area contributed by atoms with Crippen molar-refractivity contribution in [3.05, 3.63) is 28.2 Å². The van der Waals surface area contributed by atoms with Gasteiger partial charge in [-0.1, -0.05) is 15.9 Å². The molecule has 0 bridgehead atoms. The average Bonchev–Trinajstić information content (AvgIpc) is 2.35. The summed E-state index contributed by atoms with van der Waals surface area (Å²) in [4.78, 5) is 2.29. The molecule has 18 heavy (non-hydrogen) atoms. The van der Waals surface area contributed by atoms with Crippen molar-refractivity contribution in [2.75, 3.05) is 26.7 Å². The molecule has 1 aliphatic heterocycles. The lowest BCUT2D eigenvalue weighted by molar-refractivity contribution is 0.235. The van der Waals surface area contributed by atoms with Crippen molar-refractivity contribution in [3.8, 4) is 5.75 Å². The van der Waals surface area contributed by atoms with Gasteiger partial charge in [0.15, 0.2) is 0 Å². The third-order valence-corrected chi connectivity index (χ3v) is 3.94. The summed E-state index contributed by atoms with van der Waals surface area (Å²) in [5, 5.41) is 13.3. The SMILES string of the molecule is CN(Cc1cc(Br)ccc1O)CC1CCCNC1. The molecule has 1 aromatic rings. The van der Waals surface area contributed by atoms with Gasteiger partial charge in [-0.05, 0) is 57.1 Å². The Kier molecular flexibility index (Phi) is 5.03. The van der Waals surface area contributed by atoms with Crippen LogP contribution < -0.4 is 5.32 Å². The Morgan fingerprint density at radius 1 is 1.50 bits per heavy atom. The molecule has 1 aliphatic rings. The van der Waals surface area contributed by atoms with E-state index in [0.717, 1.165) is 42.1 Å². The number of piperidine rings is 1. The van der Waals surface area contributed by atoms with Crippen LogP contribution in [0.15, 0.2) is 22.7 Å².